The molecule has 5 heteroatoms. The van der Waals surface area contributed by atoms with Crippen molar-refractivity contribution < 1.29 is 4.52 Å². The molecule has 0 amide bonds. The molecule has 3 aromatic rings. The molecule has 0 fully saturated rings. The van der Waals surface area contributed by atoms with Crippen molar-refractivity contribution in [3.8, 4) is 0 Å². The van der Waals surface area contributed by atoms with Gasteiger partial charge in [-0.15, -0.1) is 0 Å². The van der Waals surface area contributed by atoms with Crippen LogP contribution in [0.4, 0.5) is 0 Å². The molecule has 3 aromatic heterocycles. The number of hydrogen-bond donors (Lipinski definition) is 1. The van der Waals surface area contributed by atoms with Gasteiger partial charge < -0.3 is 14.4 Å². The van der Waals surface area contributed by atoms with Crippen LogP contribution in [0.3, 0.4) is 0 Å². The molecule has 3 heterocycles. The average Bonchev–Trinajstić information content (AvgIpc) is 3.02. The second kappa shape index (κ2) is 5.46. The smallest absolute Gasteiger partial charge is 0.156 e. The van der Waals surface area contributed by atoms with E-state index in [9.17, 15) is 0 Å². The van der Waals surface area contributed by atoms with Crippen LogP contribution in [0.2, 0.25) is 0 Å². The fourth-order valence-electron chi connectivity index (χ4n) is 2.38. The van der Waals surface area contributed by atoms with Crippen molar-refractivity contribution in [1.29, 1.82) is 0 Å². The largest absolute Gasteiger partial charge is 0.359 e. The number of rotatable bonds is 5. The van der Waals surface area contributed by atoms with Crippen LogP contribution in [0, 0.1) is 6.92 Å². The molecule has 3 rings (SSSR count). The zero-order valence-electron chi connectivity index (χ0n) is 11.8. The monoisotopic (exact) mass is 270 g/mol. The highest BCUT2D eigenvalue weighted by Gasteiger charge is 2.11. The standard InChI is InChI=1S/C15H18N4O/c1-3-16-8-12-9-19(10-13-7-11(2)18-20-13)15-14(12)5-4-6-17-15/h4-7,9,16H,3,8,10H2,1-2H3. The Bertz CT molecular complexity index is 714. The lowest BCUT2D eigenvalue weighted by molar-refractivity contribution is 0.374. The first-order valence-corrected chi connectivity index (χ1v) is 6.83. The van der Waals surface area contributed by atoms with Crippen molar-refractivity contribution in [2.24, 2.45) is 0 Å². The fourth-order valence-corrected chi connectivity index (χ4v) is 2.38. The summed E-state index contributed by atoms with van der Waals surface area (Å²) in [5.74, 6) is 0.847. The molecule has 20 heavy (non-hydrogen) atoms. The van der Waals surface area contributed by atoms with Gasteiger partial charge in [0.1, 0.15) is 5.65 Å². The van der Waals surface area contributed by atoms with E-state index in [0.29, 0.717) is 6.54 Å². The zero-order valence-corrected chi connectivity index (χ0v) is 11.8. The predicted octanol–water partition coefficient (Wildman–Crippen LogP) is 2.49. The molecule has 0 aliphatic heterocycles. The van der Waals surface area contributed by atoms with Gasteiger partial charge in [-0.3, -0.25) is 0 Å². The normalized spacial score (nSPS) is 11.3. The Hall–Kier alpha value is -2.14. The van der Waals surface area contributed by atoms with Crippen molar-refractivity contribution in [3.63, 3.8) is 0 Å². The van der Waals surface area contributed by atoms with Crippen LogP contribution < -0.4 is 5.32 Å². The van der Waals surface area contributed by atoms with Crippen molar-refractivity contribution in [2.75, 3.05) is 6.54 Å². The first-order valence-electron chi connectivity index (χ1n) is 6.83. The third-order valence-corrected chi connectivity index (χ3v) is 3.28. The number of fused-ring (bicyclic) bond motifs is 1. The Labute approximate surface area is 117 Å². The predicted molar refractivity (Wildman–Crippen MR) is 77.5 cm³/mol. The maximum atomic E-state index is 5.29. The van der Waals surface area contributed by atoms with E-state index >= 15 is 0 Å². The van der Waals surface area contributed by atoms with Gasteiger partial charge in [-0.25, -0.2) is 4.98 Å². The molecule has 104 valence electrons. The Morgan fingerprint density at radius 2 is 2.30 bits per heavy atom. The third-order valence-electron chi connectivity index (χ3n) is 3.28. The summed E-state index contributed by atoms with van der Waals surface area (Å²) in [4.78, 5) is 4.49. The van der Waals surface area contributed by atoms with E-state index in [1.54, 1.807) is 0 Å². The van der Waals surface area contributed by atoms with Gasteiger partial charge in [-0.2, -0.15) is 0 Å². The molecule has 0 unspecified atom stereocenters. The Morgan fingerprint density at radius 3 is 3.05 bits per heavy atom. The Balaban J connectivity index is 1.97. The van der Waals surface area contributed by atoms with Crippen LogP contribution in [0.5, 0.6) is 0 Å². The number of nitrogens with zero attached hydrogens (tertiary/aromatic N) is 3. The Kier molecular flexibility index (Phi) is 3.52. The molecule has 0 bridgehead atoms. The van der Waals surface area contributed by atoms with Gasteiger partial charge in [0, 0.05) is 30.4 Å². The van der Waals surface area contributed by atoms with Crippen molar-refractivity contribution in [2.45, 2.75) is 26.9 Å². The summed E-state index contributed by atoms with van der Waals surface area (Å²) in [7, 11) is 0. The minimum Gasteiger partial charge on any atom is -0.359 e. The quantitative estimate of drug-likeness (QED) is 0.774. The summed E-state index contributed by atoms with van der Waals surface area (Å²) in [6.07, 6.45) is 3.96. The van der Waals surface area contributed by atoms with Crippen LogP contribution in [-0.2, 0) is 13.1 Å². The van der Waals surface area contributed by atoms with E-state index < -0.39 is 0 Å². The maximum Gasteiger partial charge on any atom is 0.156 e. The molecule has 1 N–H and O–H groups in total. The van der Waals surface area contributed by atoms with Gasteiger partial charge in [0.05, 0.1) is 12.2 Å². The second-order valence-electron chi connectivity index (χ2n) is 4.87. The van der Waals surface area contributed by atoms with Crippen molar-refractivity contribution in [1.82, 2.24) is 20.0 Å². The molecule has 0 saturated carbocycles. The first kappa shape index (κ1) is 12.9. The second-order valence-corrected chi connectivity index (χ2v) is 4.87. The van der Waals surface area contributed by atoms with Gasteiger partial charge in [-0.1, -0.05) is 12.1 Å². The summed E-state index contributed by atoms with van der Waals surface area (Å²) in [5, 5.41) is 8.47. The maximum absolute atomic E-state index is 5.29. The average molecular weight is 270 g/mol. The number of pyridine rings is 1. The molecule has 0 aliphatic carbocycles. The minimum absolute atomic E-state index is 0.653. The van der Waals surface area contributed by atoms with Gasteiger partial charge in [-0.05, 0) is 31.2 Å². The molecule has 0 aromatic carbocycles. The molecular weight excluding hydrogens is 252 g/mol. The molecular formula is C15H18N4O. The fraction of sp³-hybridized carbons (Fsp3) is 0.333. The summed E-state index contributed by atoms with van der Waals surface area (Å²) >= 11 is 0. The zero-order chi connectivity index (χ0) is 13.9. The van der Waals surface area contributed by atoms with E-state index in [2.05, 4.69) is 39.2 Å². The highest BCUT2D eigenvalue weighted by molar-refractivity contribution is 5.80. The molecule has 0 spiro atoms. The lowest BCUT2D eigenvalue weighted by Gasteiger charge is -2.00. The highest BCUT2D eigenvalue weighted by atomic mass is 16.5. The van der Waals surface area contributed by atoms with Crippen LogP contribution in [-0.4, -0.2) is 21.3 Å². The third kappa shape index (κ3) is 2.44. The summed E-state index contributed by atoms with van der Waals surface area (Å²) in [6, 6.07) is 6.04. The van der Waals surface area contributed by atoms with E-state index in [1.165, 1.54) is 10.9 Å². The van der Waals surface area contributed by atoms with Crippen LogP contribution >= 0.6 is 0 Å². The van der Waals surface area contributed by atoms with E-state index in [0.717, 1.165) is 30.2 Å². The lowest BCUT2D eigenvalue weighted by atomic mass is 10.2. The highest BCUT2D eigenvalue weighted by Crippen LogP contribution is 2.20. The van der Waals surface area contributed by atoms with Crippen molar-refractivity contribution >= 4 is 11.0 Å². The van der Waals surface area contributed by atoms with E-state index in [4.69, 9.17) is 4.52 Å². The van der Waals surface area contributed by atoms with Gasteiger partial charge in [0.25, 0.3) is 0 Å². The molecule has 0 atom stereocenters. The number of aryl methyl sites for hydroxylation is 1. The van der Waals surface area contributed by atoms with Gasteiger partial charge in [0.15, 0.2) is 5.76 Å². The summed E-state index contributed by atoms with van der Waals surface area (Å²) < 4.78 is 7.41. The molecule has 5 nitrogen and oxygen atoms in total. The van der Waals surface area contributed by atoms with Gasteiger partial charge in [0.2, 0.25) is 0 Å². The number of nitrogens with one attached hydrogen (secondary N) is 1. The molecule has 0 saturated heterocycles. The van der Waals surface area contributed by atoms with Crippen LogP contribution in [0.15, 0.2) is 35.1 Å². The van der Waals surface area contributed by atoms with Gasteiger partial charge >= 0.3 is 0 Å². The van der Waals surface area contributed by atoms with E-state index in [1.807, 2.05) is 25.3 Å². The molecule has 0 aliphatic rings. The Morgan fingerprint density at radius 1 is 1.40 bits per heavy atom. The van der Waals surface area contributed by atoms with Crippen LogP contribution in [0.1, 0.15) is 23.9 Å². The minimum atomic E-state index is 0.653. The van der Waals surface area contributed by atoms with Crippen LogP contribution in [0.25, 0.3) is 11.0 Å². The number of aromatic nitrogens is 3. The lowest BCUT2D eigenvalue weighted by Crippen LogP contribution is -2.11. The summed E-state index contributed by atoms with van der Waals surface area (Å²) in [6.45, 7) is 6.49. The van der Waals surface area contributed by atoms with Crippen molar-refractivity contribution in [3.05, 3.63) is 47.6 Å². The number of hydrogen-bond acceptors (Lipinski definition) is 4. The SMILES string of the molecule is CCNCc1cn(Cc2cc(C)no2)c2ncccc12. The topological polar surface area (TPSA) is 55.9 Å². The molecule has 0 radical (unpaired) electrons. The first-order chi connectivity index (χ1) is 9.78. The van der Waals surface area contributed by atoms with E-state index in [-0.39, 0.29) is 0 Å². The summed E-state index contributed by atoms with van der Waals surface area (Å²) in [5.41, 5.74) is 3.14.